The molecule has 0 heterocycles. The van der Waals surface area contributed by atoms with E-state index in [-0.39, 0.29) is 0 Å². The lowest BCUT2D eigenvalue weighted by atomic mass is 9.98. The predicted octanol–water partition coefficient (Wildman–Crippen LogP) is 4.23. The zero-order valence-electron chi connectivity index (χ0n) is 9.04. The van der Waals surface area contributed by atoms with Crippen LogP contribution in [0.1, 0.15) is 5.56 Å². The Morgan fingerprint density at radius 2 is 2.00 bits per heavy atom. The molecule has 0 aliphatic carbocycles. The number of nitrogens with two attached hydrogens (primary N) is 1. The van der Waals surface area contributed by atoms with Gasteiger partial charge in [0.2, 0.25) is 0 Å². The Morgan fingerprint density at radius 3 is 2.56 bits per heavy atom. The highest BCUT2D eigenvalue weighted by atomic mass is 35.5. The van der Waals surface area contributed by atoms with Crippen molar-refractivity contribution in [3.05, 3.63) is 72.3 Å². The first-order chi connectivity index (χ1) is 7.60. The van der Waals surface area contributed by atoms with E-state index in [4.69, 9.17) is 17.3 Å². The van der Waals surface area contributed by atoms with Crippen molar-refractivity contribution in [1.82, 2.24) is 0 Å². The van der Waals surface area contributed by atoms with Gasteiger partial charge in [0.1, 0.15) is 0 Å². The van der Waals surface area contributed by atoms with Gasteiger partial charge in [0.05, 0.1) is 0 Å². The van der Waals surface area contributed by atoms with Crippen molar-refractivity contribution in [1.29, 1.82) is 0 Å². The van der Waals surface area contributed by atoms with E-state index in [1.807, 2.05) is 6.08 Å². The molecule has 0 unspecified atom stereocenters. The molecular formula is C14H14ClN. The Hall–Kier alpha value is -1.73. The first-order valence-corrected chi connectivity index (χ1v) is 5.17. The van der Waals surface area contributed by atoms with Gasteiger partial charge in [-0.15, -0.1) is 0 Å². The molecule has 2 heteroatoms. The van der Waals surface area contributed by atoms with Crippen LogP contribution in [0.2, 0.25) is 5.02 Å². The number of benzene rings is 1. The van der Waals surface area contributed by atoms with Crippen LogP contribution in [-0.2, 0) is 0 Å². The molecule has 0 aliphatic heterocycles. The molecule has 0 aliphatic rings. The molecule has 2 N–H and O–H groups in total. The fourth-order valence-electron chi connectivity index (χ4n) is 1.36. The molecule has 0 radical (unpaired) electrons. The second-order valence-electron chi connectivity index (χ2n) is 3.27. The van der Waals surface area contributed by atoms with Gasteiger partial charge in [-0.05, 0) is 29.3 Å². The molecule has 16 heavy (non-hydrogen) atoms. The maximum atomic E-state index is 5.92. The molecule has 0 fully saturated rings. The standard InChI is InChI=1S/C14H14ClN/c1-4-6-11(5-2)10(3)13-9-12(15)7-8-14(13)16/h4-9H,1-3,16H2/b11-6+. The molecule has 0 aromatic heterocycles. The fourth-order valence-corrected chi connectivity index (χ4v) is 1.54. The molecule has 0 amide bonds. The monoisotopic (exact) mass is 231 g/mol. The van der Waals surface area contributed by atoms with Crippen LogP contribution in [-0.4, -0.2) is 0 Å². The Kier molecular flexibility index (Phi) is 4.15. The number of hydrogen-bond donors (Lipinski definition) is 1. The molecule has 0 spiro atoms. The highest BCUT2D eigenvalue weighted by molar-refractivity contribution is 6.30. The summed E-state index contributed by atoms with van der Waals surface area (Å²) in [6, 6.07) is 5.30. The van der Waals surface area contributed by atoms with Gasteiger partial charge in [-0.25, -0.2) is 0 Å². The van der Waals surface area contributed by atoms with Crippen molar-refractivity contribution < 1.29 is 0 Å². The highest BCUT2D eigenvalue weighted by Gasteiger charge is 2.06. The van der Waals surface area contributed by atoms with Gasteiger partial charge in [-0.3, -0.25) is 0 Å². The molecule has 1 rings (SSSR count). The number of hydrogen-bond acceptors (Lipinski definition) is 1. The summed E-state index contributed by atoms with van der Waals surface area (Å²) in [5, 5.41) is 0.632. The van der Waals surface area contributed by atoms with Gasteiger partial charge in [-0.1, -0.05) is 49.6 Å². The minimum absolute atomic E-state index is 0.632. The molecule has 0 saturated heterocycles. The van der Waals surface area contributed by atoms with Crippen LogP contribution in [0.25, 0.3) is 5.57 Å². The van der Waals surface area contributed by atoms with Crippen molar-refractivity contribution >= 4 is 22.9 Å². The van der Waals surface area contributed by atoms with E-state index >= 15 is 0 Å². The van der Waals surface area contributed by atoms with Crippen LogP contribution >= 0.6 is 11.6 Å². The summed E-state index contributed by atoms with van der Waals surface area (Å²) in [6.07, 6.45) is 5.23. The van der Waals surface area contributed by atoms with Crippen molar-refractivity contribution in [2.24, 2.45) is 0 Å². The maximum Gasteiger partial charge on any atom is 0.0413 e. The largest absolute Gasteiger partial charge is 0.398 e. The highest BCUT2D eigenvalue weighted by Crippen LogP contribution is 2.29. The quantitative estimate of drug-likeness (QED) is 0.609. The number of rotatable bonds is 4. The van der Waals surface area contributed by atoms with Crippen LogP contribution in [0.3, 0.4) is 0 Å². The van der Waals surface area contributed by atoms with Crippen LogP contribution < -0.4 is 5.73 Å². The summed E-state index contributed by atoms with van der Waals surface area (Å²) in [4.78, 5) is 0. The molecule has 1 nitrogen and oxygen atoms in total. The topological polar surface area (TPSA) is 26.0 Å². The van der Waals surface area contributed by atoms with E-state index in [9.17, 15) is 0 Å². The summed E-state index contributed by atoms with van der Waals surface area (Å²) < 4.78 is 0. The minimum atomic E-state index is 0.632. The first-order valence-electron chi connectivity index (χ1n) is 4.80. The lowest BCUT2D eigenvalue weighted by Gasteiger charge is -2.10. The molecule has 0 atom stereocenters. The van der Waals surface area contributed by atoms with Crippen LogP contribution in [0.5, 0.6) is 0 Å². The Labute approximate surface area is 101 Å². The van der Waals surface area contributed by atoms with Crippen LogP contribution in [0.4, 0.5) is 5.69 Å². The number of anilines is 1. The van der Waals surface area contributed by atoms with E-state index in [1.165, 1.54) is 0 Å². The lowest BCUT2D eigenvalue weighted by molar-refractivity contribution is 1.58. The number of nitrogen functional groups attached to an aromatic ring is 1. The summed E-state index contributed by atoms with van der Waals surface area (Å²) in [5.41, 5.74) is 9.00. The first kappa shape index (κ1) is 12.3. The number of halogens is 1. The van der Waals surface area contributed by atoms with Gasteiger partial charge in [0.15, 0.2) is 0 Å². The molecular weight excluding hydrogens is 218 g/mol. The van der Waals surface area contributed by atoms with Gasteiger partial charge < -0.3 is 5.73 Å². The van der Waals surface area contributed by atoms with E-state index in [1.54, 1.807) is 30.4 Å². The third-order valence-corrected chi connectivity index (χ3v) is 2.44. The average molecular weight is 232 g/mol. The predicted molar refractivity (Wildman–Crippen MR) is 73.4 cm³/mol. The Morgan fingerprint density at radius 1 is 1.31 bits per heavy atom. The van der Waals surface area contributed by atoms with Crippen molar-refractivity contribution in [2.75, 3.05) is 5.73 Å². The van der Waals surface area contributed by atoms with Crippen LogP contribution in [0, 0.1) is 0 Å². The zero-order valence-corrected chi connectivity index (χ0v) is 9.80. The van der Waals surface area contributed by atoms with Gasteiger partial charge in [0.25, 0.3) is 0 Å². The second kappa shape index (κ2) is 5.38. The summed E-state index contributed by atoms with van der Waals surface area (Å²) >= 11 is 5.92. The second-order valence-corrected chi connectivity index (χ2v) is 3.71. The normalized spacial score (nSPS) is 10.9. The van der Waals surface area contributed by atoms with E-state index < -0.39 is 0 Å². The Balaban J connectivity index is 3.23. The summed E-state index contributed by atoms with van der Waals surface area (Å²) in [7, 11) is 0. The molecule has 1 aromatic carbocycles. The van der Waals surface area contributed by atoms with E-state index in [2.05, 4.69) is 19.7 Å². The maximum absolute atomic E-state index is 5.92. The van der Waals surface area contributed by atoms with Crippen molar-refractivity contribution in [3.8, 4) is 0 Å². The van der Waals surface area contributed by atoms with Gasteiger partial charge in [0, 0.05) is 16.3 Å². The SMILES string of the molecule is C=C/C=C(\C=C)C(=C)c1cc(Cl)ccc1N. The third-order valence-electron chi connectivity index (χ3n) is 2.21. The molecule has 0 bridgehead atoms. The van der Waals surface area contributed by atoms with Crippen molar-refractivity contribution in [2.45, 2.75) is 0 Å². The lowest BCUT2D eigenvalue weighted by Crippen LogP contribution is -1.94. The average Bonchev–Trinajstić information content (AvgIpc) is 2.28. The smallest absolute Gasteiger partial charge is 0.0413 e. The van der Waals surface area contributed by atoms with Gasteiger partial charge >= 0.3 is 0 Å². The van der Waals surface area contributed by atoms with E-state index in [0.717, 1.165) is 16.7 Å². The van der Waals surface area contributed by atoms with Gasteiger partial charge in [-0.2, -0.15) is 0 Å². The Bertz CT molecular complexity index is 470. The third kappa shape index (κ3) is 2.65. The molecule has 1 aromatic rings. The molecule has 82 valence electrons. The summed E-state index contributed by atoms with van der Waals surface area (Å²) in [6.45, 7) is 11.4. The summed E-state index contributed by atoms with van der Waals surface area (Å²) in [5.74, 6) is 0. The molecule has 0 saturated carbocycles. The zero-order chi connectivity index (χ0) is 12.1. The van der Waals surface area contributed by atoms with E-state index in [0.29, 0.717) is 10.7 Å². The van der Waals surface area contributed by atoms with Crippen molar-refractivity contribution in [3.63, 3.8) is 0 Å². The van der Waals surface area contributed by atoms with Crippen LogP contribution in [0.15, 0.2) is 61.7 Å². The minimum Gasteiger partial charge on any atom is -0.398 e. The number of allylic oxidation sites excluding steroid dienone is 5. The fraction of sp³-hybridized carbons (Fsp3) is 0.